The second-order valence-corrected chi connectivity index (χ2v) is 8.55. The molecule has 0 spiro atoms. The molecule has 0 radical (unpaired) electrons. The Labute approximate surface area is 186 Å². The van der Waals surface area contributed by atoms with E-state index in [0.29, 0.717) is 24.6 Å². The molecule has 4 aromatic rings. The molecule has 162 valence electrons. The lowest BCUT2D eigenvalue weighted by Crippen LogP contribution is -2.38. The highest BCUT2D eigenvalue weighted by Gasteiger charge is 2.26. The number of hydrogen-bond acceptors (Lipinski definition) is 3. The summed E-state index contributed by atoms with van der Waals surface area (Å²) >= 11 is 0. The highest BCUT2D eigenvalue weighted by atomic mass is 19.1. The van der Waals surface area contributed by atoms with Gasteiger partial charge in [-0.3, -0.25) is 9.78 Å². The predicted molar refractivity (Wildman–Crippen MR) is 123 cm³/mol. The molecule has 1 amide bonds. The van der Waals surface area contributed by atoms with E-state index in [9.17, 15) is 9.18 Å². The van der Waals surface area contributed by atoms with Crippen LogP contribution in [-0.4, -0.2) is 38.4 Å². The minimum Gasteiger partial charge on any atom is -0.339 e. The van der Waals surface area contributed by atoms with Gasteiger partial charge < -0.3 is 9.47 Å². The molecule has 0 N–H and O–H groups in total. The van der Waals surface area contributed by atoms with Gasteiger partial charge in [-0.15, -0.1) is 0 Å². The van der Waals surface area contributed by atoms with Gasteiger partial charge in [-0.2, -0.15) is 0 Å². The number of nitrogens with zero attached hydrogens (tertiary/aromatic N) is 4. The lowest BCUT2D eigenvalue weighted by Gasteiger charge is -2.32. The van der Waals surface area contributed by atoms with Crippen molar-refractivity contribution < 1.29 is 9.18 Å². The Kier molecular flexibility index (Phi) is 5.21. The summed E-state index contributed by atoms with van der Waals surface area (Å²) in [6, 6.07) is 16.4. The molecule has 1 saturated heterocycles. The van der Waals surface area contributed by atoms with Crippen LogP contribution in [0.5, 0.6) is 0 Å². The van der Waals surface area contributed by atoms with E-state index in [1.54, 1.807) is 18.5 Å². The Morgan fingerprint density at radius 3 is 2.50 bits per heavy atom. The van der Waals surface area contributed by atoms with Crippen LogP contribution in [0.2, 0.25) is 0 Å². The zero-order valence-corrected chi connectivity index (χ0v) is 18.3. The van der Waals surface area contributed by atoms with Crippen molar-refractivity contribution in [3.63, 3.8) is 0 Å². The van der Waals surface area contributed by atoms with E-state index in [-0.39, 0.29) is 11.7 Å². The van der Waals surface area contributed by atoms with E-state index in [0.717, 1.165) is 46.4 Å². The van der Waals surface area contributed by atoms with Crippen LogP contribution >= 0.6 is 0 Å². The highest BCUT2D eigenvalue weighted by Crippen LogP contribution is 2.31. The number of fused-ring (bicyclic) bond motifs is 1. The average molecular weight is 429 g/mol. The fraction of sp³-hybridized carbons (Fsp3) is 0.269. The van der Waals surface area contributed by atoms with E-state index in [1.165, 1.54) is 12.1 Å². The number of amides is 1. The number of carbonyl (C=O) groups excluding carboxylic acids is 1. The van der Waals surface area contributed by atoms with Crippen molar-refractivity contribution in [2.45, 2.75) is 25.7 Å². The first kappa shape index (κ1) is 20.4. The summed E-state index contributed by atoms with van der Waals surface area (Å²) in [7, 11) is 1.95. The molecule has 1 fully saturated rings. The standard InChI is InChI=1S/C26H25FN4O/c1-17-13-21(18-3-6-22(27)7-4-18)15-23(29-17)19-9-11-31(12-10-19)26(32)20-5-8-25-24(14-20)28-16-30(25)2/h3-8,13-16,19H,9-12H2,1-2H3. The van der Waals surface area contributed by atoms with Crippen LogP contribution in [0.3, 0.4) is 0 Å². The Morgan fingerprint density at radius 2 is 1.75 bits per heavy atom. The van der Waals surface area contributed by atoms with E-state index in [4.69, 9.17) is 4.98 Å². The molecule has 1 aliphatic heterocycles. The van der Waals surface area contributed by atoms with Gasteiger partial charge in [0.25, 0.3) is 5.91 Å². The summed E-state index contributed by atoms with van der Waals surface area (Å²) < 4.78 is 15.3. The molecule has 0 saturated carbocycles. The molecular weight excluding hydrogens is 403 g/mol. The van der Waals surface area contributed by atoms with Crippen LogP contribution in [0, 0.1) is 12.7 Å². The van der Waals surface area contributed by atoms with E-state index in [2.05, 4.69) is 11.1 Å². The van der Waals surface area contributed by atoms with E-state index in [1.807, 2.05) is 47.7 Å². The maximum Gasteiger partial charge on any atom is 0.253 e. The lowest BCUT2D eigenvalue weighted by atomic mass is 9.91. The number of likely N-dealkylation sites (tertiary alicyclic amines) is 1. The minimum absolute atomic E-state index is 0.0557. The molecule has 32 heavy (non-hydrogen) atoms. The highest BCUT2D eigenvalue weighted by molar-refractivity contribution is 5.97. The van der Waals surface area contributed by atoms with E-state index < -0.39 is 0 Å². The maximum absolute atomic E-state index is 13.3. The molecule has 0 aliphatic carbocycles. The molecule has 5 nitrogen and oxygen atoms in total. The molecule has 6 heteroatoms. The number of pyridine rings is 1. The molecule has 2 aromatic carbocycles. The van der Waals surface area contributed by atoms with Gasteiger partial charge in [0.15, 0.2) is 0 Å². The van der Waals surface area contributed by atoms with Crippen LogP contribution in [0.1, 0.15) is 40.5 Å². The third-order valence-electron chi connectivity index (χ3n) is 6.32. The molecule has 2 aromatic heterocycles. The fourth-order valence-corrected chi connectivity index (χ4v) is 4.54. The summed E-state index contributed by atoms with van der Waals surface area (Å²) in [5, 5.41) is 0. The lowest BCUT2D eigenvalue weighted by molar-refractivity contribution is 0.0712. The number of rotatable bonds is 3. The molecule has 0 bridgehead atoms. The molecule has 1 aliphatic rings. The first-order valence-electron chi connectivity index (χ1n) is 10.9. The van der Waals surface area contributed by atoms with Gasteiger partial charge in [-0.05, 0) is 73.4 Å². The third kappa shape index (κ3) is 3.88. The summed E-state index contributed by atoms with van der Waals surface area (Å²) in [4.78, 5) is 24.1. The fourth-order valence-electron chi connectivity index (χ4n) is 4.54. The Hall–Kier alpha value is -3.54. The topological polar surface area (TPSA) is 51.0 Å². The van der Waals surface area contributed by atoms with Crippen molar-refractivity contribution in [3.05, 3.63) is 83.7 Å². The number of benzene rings is 2. The summed E-state index contributed by atoms with van der Waals surface area (Å²) in [5.41, 5.74) is 6.57. The largest absolute Gasteiger partial charge is 0.339 e. The zero-order valence-electron chi connectivity index (χ0n) is 18.3. The summed E-state index contributed by atoms with van der Waals surface area (Å²) in [6.45, 7) is 3.39. The van der Waals surface area contributed by atoms with Crippen molar-refractivity contribution in [2.75, 3.05) is 13.1 Å². The SMILES string of the molecule is Cc1cc(-c2ccc(F)cc2)cc(C2CCN(C(=O)c3ccc4c(c3)ncn4C)CC2)n1. The summed E-state index contributed by atoms with van der Waals surface area (Å²) in [5.74, 6) is 0.121. The van der Waals surface area contributed by atoms with Crippen LogP contribution in [-0.2, 0) is 7.05 Å². The smallest absolute Gasteiger partial charge is 0.253 e. The van der Waals surface area contributed by atoms with Crippen LogP contribution in [0.4, 0.5) is 4.39 Å². The Balaban J connectivity index is 1.30. The number of hydrogen-bond donors (Lipinski definition) is 0. The third-order valence-corrected chi connectivity index (χ3v) is 6.32. The molecule has 0 unspecified atom stereocenters. The number of piperidine rings is 1. The van der Waals surface area contributed by atoms with Gasteiger partial charge in [-0.1, -0.05) is 12.1 Å². The van der Waals surface area contributed by atoms with Crippen molar-refractivity contribution in [1.29, 1.82) is 0 Å². The van der Waals surface area contributed by atoms with Crippen LogP contribution < -0.4 is 0 Å². The first-order valence-corrected chi connectivity index (χ1v) is 10.9. The van der Waals surface area contributed by atoms with Gasteiger partial charge in [-0.25, -0.2) is 9.37 Å². The predicted octanol–water partition coefficient (Wildman–Crippen LogP) is 5.10. The van der Waals surface area contributed by atoms with Crippen molar-refractivity contribution in [1.82, 2.24) is 19.4 Å². The number of aryl methyl sites for hydroxylation is 2. The normalized spacial score (nSPS) is 14.8. The van der Waals surface area contributed by atoms with Crippen molar-refractivity contribution in [2.24, 2.45) is 7.05 Å². The number of carbonyl (C=O) groups is 1. The summed E-state index contributed by atoms with van der Waals surface area (Å²) in [6.07, 6.45) is 3.51. The number of aromatic nitrogens is 3. The quantitative estimate of drug-likeness (QED) is 0.456. The second-order valence-electron chi connectivity index (χ2n) is 8.55. The monoisotopic (exact) mass is 428 g/mol. The minimum atomic E-state index is -0.237. The van der Waals surface area contributed by atoms with Gasteiger partial charge in [0.05, 0.1) is 17.4 Å². The number of imidazole rings is 1. The van der Waals surface area contributed by atoms with Crippen LogP contribution in [0.25, 0.3) is 22.2 Å². The average Bonchev–Trinajstić information content (AvgIpc) is 3.19. The Morgan fingerprint density at radius 1 is 1.00 bits per heavy atom. The van der Waals surface area contributed by atoms with E-state index >= 15 is 0 Å². The molecular formula is C26H25FN4O. The second kappa shape index (κ2) is 8.19. The molecule has 3 heterocycles. The Bertz CT molecular complexity index is 1290. The van der Waals surface area contributed by atoms with Gasteiger partial charge in [0.2, 0.25) is 0 Å². The zero-order chi connectivity index (χ0) is 22.2. The first-order chi connectivity index (χ1) is 15.5. The molecule has 0 atom stereocenters. The molecule has 5 rings (SSSR count). The maximum atomic E-state index is 13.3. The number of halogens is 1. The van der Waals surface area contributed by atoms with Crippen LogP contribution in [0.15, 0.2) is 60.9 Å². The van der Waals surface area contributed by atoms with Gasteiger partial charge in [0, 0.05) is 43.0 Å². The van der Waals surface area contributed by atoms with Crippen molar-refractivity contribution in [3.8, 4) is 11.1 Å². The van der Waals surface area contributed by atoms with Crippen molar-refractivity contribution >= 4 is 16.9 Å². The van der Waals surface area contributed by atoms with Gasteiger partial charge >= 0.3 is 0 Å². The van der Waals surface area contributed by atoms with Gasteiger partial charge in [0.1, 0.15) is 5.82 Å².